The molecule has 1 atom stereocenters. The maximum absolute atomic E-state index is 12.5. The molecule has 1 unspecified atom stereocenters. The van der Waals surface area contributed by atoms with Crippen molar-refractivity contribution in [1.82, 2.24) is 15.5 Å². The Kier molecular flexibility index (Phi) is 5.95. The smallest absolute Gasteiger partial charge is 0.258 e. The van der Waals surface area contributed by atoms with Crippen LogP contribution in [0.5, 0.6) is 0 Å². The fraction of sp³-hybridized carbons (Fsp3) is 0.526. The molecule has 6 heteroatoms. The molecule has 0 aliphatic carbocycles. The Labute approximate surface area is 148 Å². The molecule has 2 aromatic rings. The summed E-state index contributed by atoms with van der Waals surface area (Å²) in [5, 5.41) is 16.7. The maximum Gasteiger partial charge on any atom is 0.258 e. The van der Waals surface area contributed by atoms with Crippen molar-refractivity contribution >= 4 is 5.91 Å². The van der Waals surface area contributed by atoms with Crippen molar-refractivity contribution in [3.8, 4) is 11.5 Å². The van der Waals surface area contributed by atoms with Gasteiger partial charge in [-0.2, -0.15) is 4.98 Å². The number of nitrogens with one attached hydrogen (secondary N) is 1. The Morgan fingerprint density at radius 2 is 1.96 bits per heavy atom. The van der Waals surface area contributed by atoms with Gasteiger partial charge in [-0.05, 0) is 24.5 Å². The van der Waals surface area contributed by atoms with E-state index in [4.69, 9.17) is 4.52 Å². The molecule has 1 amide bonds. The quantitative estimate of drug-likeness (QED) is 0.839. The number of carbonyl (C=O) groups excluding carboxylic acids is 1. The molecule has 0 spiro atoms. The molecule has 0 saturated heterocycles. The summed E-state index contributed by atoms with van der Waals surface area (Å²) in [5.74, 6) is 1.01. The van der Waals surface area contributed by atoms with Crippen molar-refractivity contribution in [3.05, 3.63) is 35.7 Å². The monoisotopic (exact) mass is 345 g/mol. The fourth-order valence-electron chi connectivity index (χ4n) is 2.44. The van der Waals surface area contributed by atoms with Gasteiger partial charge in [0.2, 0.25) is 0 Å². The predicted octanol–water partition coefficient (Wildman–Crippen LogP) is 3.17. The van der Waals surface area contributed by atoms with Crippen molar-refractivity contribution in [2.24, 2.45) is 5.92 Å². The number of benzene rings is 1. The Morgan fingerprint density at radius 3 is 2.56 bits per heavy atom. The lowest BCUT2D eigenvalue weighted by Crippen LogP contribution is -2.33. The fourth-order valence-corrected chi connectivity index (χ4v) is 2.44. The van der Waals surface area contributed by atoms with Crippen LogP contribution in [0.4, 0.5) is 0 Å². The minimum absolute atomic E-state index is 0.211. The van der Waals surface area contributed by atoms with Crippen LogP contribution in [0.1, 0.15) is 57.2 Å². The van der Waals surface area contributed by atoms with E-state index in [2.05, 4.69) is 15.5 Å². The highest BCUT2D eigenvalue weighted by Gasteiger charge is 2.23. The molecule has 1 heterocycles. The van der Waals surface area contributed by atoms with Crippen molar-refractivity contribution in [3.63, 3.8) is 0 Å². The zero-order valence-electron chi connectivity index (χ0n) is 15.5. The minimum atomic E-state index is -0.563. The Hall–Kier alpha value is -2.21. The third-order valence-electron chi connectivity index (χ3n) is 3.74. The highest BCUT2D eigenvalue weighted by molar-refractivity contribution is 5.99. The van der Waals surface area contributed by atoms with Crippen LogP contribution in [-0.2, 0) is 5.41 Å². The number of nitrogens with zero attached hydrogens (tertiary/aromatic N) is 2. The molecule has 2 N–H and O–H groups in total. The molecule has 1 aromatic heterocycles. The van der Waals surface area contributed by atoms with Gasteiger partial charge in [0.15, 0.2) is 5.82 Å². The Morgan fingerprint density at radius 1 is 1.28 bits per heavy atom. The average molecular weight is 345 g/mol. The van der Waals surface area contributed by atoms with E-state index in [0.29, 0.717) is 35.2 Å². The lowest BCUT2D eigenvalue weighted by molar-refractivity contribution is 0.0900. The number of carbonyl (C=O) groups is 1. The third-order valence-corrected chi connectivity index (χ3v) is 3.74. The summed E-state index contributed by atoms with van der Waals surface area (Å²) in [6, 6.07) is 7.09. The first-order chi connectivity index (χ1) is 11.7. The summed E-state index contributed by atoms with van der Waals surface area (Å²) in [4.78, 5) is 16.9. The van der Waals surface area contributed by atoms with E-state index in [-0.39, 0.29) is 17.9 Å². The topological polar surface area (TPSA) is 88.2 Å². The molecule has 0 radical (unpaired) electrons. The molecule has 1 aromatic carbocycles. The zero-order valence-corrected chi connectivity index (χ0v) is 15.5. The predicted molar refractivity (Wildman–Crippen MR) is 96.2 cm³/mol. The number of rotatable bonds is 6. The largest absolute Gasteiger partial charge is 0.391 e. The number of aliphatic hydroxyl groups excluding tert-OH is 1. The summed E-state index contributed by atoms with van der Waals surface area (Å²) in [7, 11) is 0. The van der Waals surface area contributed by atoms with Crippen LogP contribution in [0.25, 0.3) is 11.5 Å². The number of amides is 1. The highest BCUT2D eigenvalue weighted by Crippen LogP contribution is 2.26. The van der Waals surface area contributed by atoms with Crippen LogP contribution in [0.15, 0.2) is 28.8 Å². The lowest BCUT2D eigenvalue weighted by atomic mass is 9.96. The summed E-state index contributed by atoms with van der Waals surface area (Å²) < 4.78 is 5.36. The van der Waals surface area contributed by atoms with E-state index in [0.717, 1.165) is 0 Å². The standard InChI is InChI=1S/C19H27N3O3/c1-12(2)10-13(23)11-20-16(24)14-8-6-7-9-15(14)17-21-18(22-25-17)19(3,4)5/h6-9,12-13,23H,10-11H2,1-5H3,(H,20,24). The van der Waals surface area contributed by atoms with Crippen LogP contribution < -0.4 is 5.32 Å². The maximum atomic E-state index is 12.5. The summed E-state index contributed by atoms with van der Waals surface area (Å²) in [5.41, 5.74) is 0.796. The van der Waals surface area contributed by atoms with Crippen molar-refractivity contribution in [2.45, 2.75) is 52.6 Å². The van der Waals surface area contributed by atoms with Gasteiger partial charge in [-0.25, -0.2) is 0 Å². The van der Waals surface area contributed by atoms with Gasteiger partial charge in [-0.15, -0.1) is 0 Å². The van der Waals surface area contributed by atoms with E-state index in [1.807, 2.05) is 40.7 Å². The first kappa shape index (κ1) is 19.1. The molecule has 0 aliphatic heterocycles. The molecule has 25 heavy (non-hydrogen) atoms. The number of aliphatic hydroxyl groups is 1. The van der Waals surface area contributed by atoms with E-state index in [1.54, 1.807) is 18.2 Å². The number of hydrogen-bond donors (Lipinski definition) is 2. The van der Waals surface area contributed by atoms with Crippen molar-refractivity contribution in [1.29, 1.82) is 0 Å². The molecule has 0 bridgehead atoms. The second-order valence-electron chi connectivity index (χ2n) is 7.71. The number of aromatic nitrogens is 2. The van der Waals surface area contributed by atoms with Gasteiger partial charge in [-0.3, -0.25) is 4.79 Å². The van der Waals surface area contributed by atoms with E-state index < -0.39 is 6.10 Å². The molecular weight excluding hydrogens is 318 g/mol. The van der Waals surface area contributed by atoms with Crippen LogP contribution in [-0.4, -0.2) is 33.8 Å². The van der Waals surface area contributed by atoms with Crippen molar-refractivity contribution < 1.29 is 14.4 Å². The second kappa shape index (κ2) is 7.78. The van der Waals surface area contributed by atoms with Gasteiger partial charge in [0.05, 0.1) is 17.2 Å². The van der Waals surface area contributed by atoms with E-state index in [9.17, 15) is 9.90 Å². The van der Waals surface area contributed by atoms with Gasteiger partial charge < -0.3 is 14.9 Å². The first-order valence-electron chi connectivity index (χ1n) is 8.58. The average Bonchev–Trinajstić information content (AvgIpc) is 3.02. The minimum Gasteiger partial charge on any atom is -0.391 e. The summed E-state index contributed by atoms with van der Waals surface area (Å²) in [6.45, 7) is 10.3. The molecule has 0 fully saturated rings. The third kappa shape index (κ3) is 5.13. The highest BCUT2D eigenvalue weighted by atomic mass is 16.5. The molecule has 2 rings (SSSR count). The second-order valence-corrected chi connectivity index (χ2v) is 7.71. The molecule has 0 saturated carbocycles. The van der Waals surface area contributed by atoms with Gasteiger partial charge in [0.25, 0.3) is 11.8 Å². The normalized spacial score (nSPS) is 13.1. The summed E-state index contributed by atoms with van der Waals surface area (Å²) >= 11 is 0. The molecule has 6 nitrogen and oxygen atoms in total. The van der Waals surface area contributed by atoms with Crippen LogP contribution >= 0.6 is 0 Å². The van der Waals surface area contributed by atoms with Gasteiger partial charge >= 0.3 is 0 Å². The van der Waals surface area contributed by atoms with Gasteiger partial charge in [0.1, 0.15) is 0 Å². The van der Waals surface area contributed by atoms with E-state index >= 15 is 0 Å². The Balaban J connectivity index is 2.17. The molecular formula is C19H27N3O3. The first-order valence-corrected chi connectivity index (χ1v) is 8.58. The number of hydrogen-bond acceptors (Lipinski definition) is 5. The van der Waals surface area contributed by atoms with Gasteiger partial charge in [-0.1, -0.05) is 51.9 Å². The van der Waals surface area contributed by atoms with Crippen molar-refractivity contribution in [2.75, 3.05) is 6.54 Å². The zero-order chi connectivity index (χ0) is 18.6. The van der Waals surface area contributed by atoms with Crippen LogP contribution in [0.2, 0.25) is 0 Å². The molecule has 136 valence electrons. The lowest BCUT2D eigenvalue weighted by Gasteiger charge is -2.14. The van der Waals surface area contributed by atoms with Crippen LogP contribution in [0, 0.1) is 5.92 Å². The van der Waals surface area contributed by atoms with Crippen LogP contribution in [0.3, 0.4) is 0 Å². The molecule has 0 aliphatic rings. The Bertz CT molecular complexity index is 717. The SMILES string of the molecule is CC(C)CC(O)CNC(=O)c1ccccc1-c1nc(C(C)(C)C)no1. The summed E-state index contributed by atoms with van der Waals surface area (Å²) in [6.07, 6.45) is 0.0765. The van der Waals surface area contributed by atoms with E-state index in [1.165, 1.54) is 0 Å². The van der Waals surface area contributed by atoms with Gasteiger partial charge in [0, 0.05) is 12.0 Å².